The van der Waals surface area contributed by atoms with Gasteiger partial charge in [-0.3, -0.25) is 0 Å². The Hall–Kier alpha value is -2.54. The van der Waals surface area contributed by atoms with Crippen LogP contribution in [0, 0.1) is 11.7 Å². The summed E-state index contributed by atoms with van der Waals surface area (Å²) in [7, 11) is -3.54. The van der Waals surface area contributed by atoms with Crippen LogP contribution in [0.1, 0.15) is 24.8 Å². The molecule has 0 spiro atoms. The summed E-state index contributed by atoms with van der Waals surface area (Å²) >= 11 is 0. The van der Waals surface area contributed by atoms with Gasteiger partial charge in [0.25, 0.3) is 0 Å². The Morgan fingerprint density at radius 3 is 2.09 bits per heavy atom. The van der Waals surface area contributed by atoms with Gasteiger partial charge in [-0.25, -0.2) is 17.5 Å². The van der Waals surface area contributed by atoms with Gasteiger partial charge in [-0.1, -0.05) is 54.6 Å². The summed E-state index contributed by atoms with van der Waals surface area (Å²) in [6, 6.07) is 23.5. The van der Waals surface area contributed by atoms with Crippen LogP contribution < -0.4 is 4.72 Å². The lowest BCUT2D eigenvalue weighted by Crippen LogP contribution is -2.36. The second kappa shape index (κ2) is 11.1. The molecule has 0 aliphatic carbocycles. The van der Waals surface area contributed by atoms with E-state index in [1.165, 1.54) is 30.5 Å². The molecule has 3 aromatic rings. The number of hydrogen-bond donors (Lipinski definition) is 1. The van der Waals surface area contributed by atoms with E-state index < -0.39 is 10.0 Å². The minimum absolute atomic E-state index is 0.245. The van der Waals surface area contributed by atoms with Gasteiger partial charge in [0.15, 0.2) is 0 Å². The quantitative estimate of drug-likeness (QED) is 0.446. The zero-order chi connectivity index (χ0) is 23.1. The van der Waals surface area contributed by atoms with Gasteiger partial charge in [0.2, 0.25) is 10.0 Å². The standard InChI is InChI=1S/C27H31FN2O2S/c28-26-11-7-24(8-12-26)25-9-13-27(14-10-25)33(31,32)29-17-4-18-30-19-15-23(16-20-30)21-22-5-2-1-3-6-22/h1-3,5-14,23,29H,4,15-21H2. The van der Waals surface area contributed by atoms with E-state index in [1.807, 2.05) is 0 Å². The highest BCUT2D eigenvalue weighted by molar-refractivity contribution is 7.89. The minimum Gasteiger partial charge on any atom is -0.303 e. The molecule has 0 atom stereocenters. The first-order valence-corrected chi connectivity index (χ1v) is 13.1. The largest absolute Gasteiger partial charge is 0.303 e. The van der Waals surface area contributed by atoms with Gasteiger partial charge < -0.3 is 4.90 Å². The molecule has 0 unspecified atom stereocenters. The average molecular weight is 467 g/mol. The molecule has 0 saturated carbocycles. The van der Waals surface area contributed by atoms with E-state index in [2.05, 4.69) is 40.0 Å². The molecule has 0 amide bonds. The predicted octanol–water partition coefficient (Wildman–Crippen LogP) is 5.12. The van der Waals surface area contributed by atoms with E-state index in [1.54, 1.807) is 36.4 Å². The Labute approximate surface area is 196 Å². The summed E-state index contributed by atoms with van der Waals surface area (Å²) in [5.41, 5.74) is 3.11. The number of hydrogen-bond acceptors (Lipinski definition) is 3. The van der Waals surface area contributed by atoms with Gasteiger partial charge in [0.05, 0.1) is 4.90 Å². The number of nitrogens with one attached hydrogen (secondary N) is 1. The molecule has 4 nitrogen and oxygen atoms in total. The van der Waals surface area contributed by atoms with E-state index >= 15 is 0 Å². The Morgan fingerprint density at radius 1 is 0.848 bits per heavy atom. The van der Waals surface area contributed by atoms with Crippen molar-refractivity contribution in [3.8, 4) is 11.1 Å². The summed E-state index contributed by atoms with van der Waals surface area (Å²) in [5.74, 6) is 0.443. The second-order valence-corrected chi connectivity index (χ2v) is 10.5. The monoisotopic (exact) mass is 466 g/mol. The van der Waals surface area contributed by atoms with Crippen LogP contribution in [0.25, 0.3) is 11.1 Å². The third-order valence-corrected chi connectivity index (χ3v) is 7.84. The maximum atomic E-state index is 13.1. The molecule has 1 fully saturated rings. The molecule has 1 heterocycles. The molecule has 0 aromatic heterocycles. The van der Waals surface area contributed by atoms with E-state index in [9.17, 15) is 12.8 Å². The first-order valence-electron chi connectivity index (χ1n) is 11.6. The Morgan fingerprint density at radius 2 is 1.45 bits per heavy atom. The Bertz CT molecular complexity index is 1110. The number of sulfonamides is 1. The van der Waals surface area contributed by atoms with E-state index in [-0.39, 0.29) is 10.7 Å². The first kappa shape index (κ1) is 23.6. The molecule has 174 valence electrons. The van der Waals surface area contributed by atoms with Crippen molar-refractivity contribution in [1.82, 2.24) is 9.62 Å². The van der Waals surface area contributed by atoms with Crippen LogP contribution in [0.3, 0.4) is 0 Å². The smallest absolute Gasteiger partial charge is 0.240 e. The van der Waals surface area contributed by atoms with Crippen LogP contribution in [-0.2, 0) is 16.4 Å². The molecule has 1 aliphatic rings. The molecular weight excluding hydrogens is 435 g/mol. The van der Waals surface area contributed by atoms with E-state index in [0.29, 0.717) is 6.54 Å². The SMILES string of the molecule is O=S(=O)(NCCCN1CCC(Cc2ccccc2)CC1)c1ccc(-c2ccc(F)cc2)cc1. The topological polar surface area (TPSA) is 49.4 Å². The van der Waals surface area contributed by atoms with E-state index in [0.717, 1.165) is 49.5 Å². The van der Waals surface area contributed by atoms with Crippen molar-refractivity contribution in [1.29, 1.82) is 0 Å². The van der Waals surface area contributed by atoms with Crippen molar-refractivity contribution in [2.45, 2.75) is 30.6 Å². The summed E-state index contributed by atoms with van der Waals surface area (Å²) in [6.07, 6.45) is 4.33. The Balaban J connectivity index is 1.19. The highest BCUT2D eigenvalue weighted by atomic mass is 32.2. The van der Waals surface area contributed by atoms with Crippen molar-refractivity contribution >= 4 is 10.0 Å². The van der Waals surface area contributed by atoms with Crippen molar-refractivity contribution in [2.75, 3.05) is 26.2 Å². The lowest BCUT2D eigenvalue weighted by molar-refractivity contribution is 0.183. The number of likely N-dealkylation sites (tertiary alicyclic amines) is 1. The molecule has 3 aromatic carbocycles. The molecule has 4 rings (SSSR count). The minimum atomic E-state index is -3.54. The van der Waals surface area contributed by atoms with Crippen molar-refractivity contribution in [3.05, 3.63) is 90.2 Å². The van der Waals surface area contributed by atoms with Gasteiger partial charge in [0.1, 0.15) is 5.82 Å². The molecule has 1 aliphatic heterocycles. The van der Waals surface area contributed by atoms with Crippen molar-refractivity contribution < 1.29 is 12.8 Å². The van der Waals surface area contributed by atoms with Gasteiger partial charge in [-0.15, -0.1) is 0 Å². The number of piperidine rings is 1. The summed E-state index contributed by atoms with van der Waals surface area (Å²) in [6.45, 7) is 3.49. The zero-order valence-electron chi connectivity index (χ0n) is 18.8. The molecule has 6 heteroatoms. The molecule has 1 saturated heterocycles. The fourth-order valence-electron chi connectivity index (χ4n) is 4.42. The lowest BCUT2D eigenvalue weighted by Gasteiger charge is -2.32. The maximum absolute atomic E-state index is 13.1. The Kier molecular flexibility index (Phi) is 7.91. The molecular formula is C27H31FN2O2S. The maximum Gasteiger partial charge on any atom is 0.240 e. The van der Waals surface area contributed by atoms with Crippen molar-refractivity contribution in [2.24, 2.45) is 5.92 Å². The summed E-state index contributed by atoms with van der Waals surface area (Å²) < 4.78 is 41.1. The van der Waals surface area contributed by atoms with Crippen LogP contribution >= 0.6 is 0 Å². The van der Waals surface area contributed by atoms with Gasteiger partial charge >= 0.3 is 0 Å². The molecule has 0 bridgehead atoms. The number of rotatable bonds is 9. The lowest BCUT2D eigenvalue weighted by atomic mass is 9.90. The summed E-state index contributed by atoms with van der Waals surface area (Å²) in [4.78, 5) is 2.68. The third kappa shape index (κ3) is 6.73. The average Bonchev–Trinajstić information content (AvgIpc) is 2.84. The van der Waals surface area contributed by atoms with E-state index in [4.69, 9.17) is 0 Å². The van der Waals surface area contributed by atoms with Gasteiger partial charge in [-0.05, 0) is 92.2 Å². The highest BCUT2D eigenvalue weighted by Gasteiger charge is 2.19. The van der Waals surface area contributed by atoms with Crippen molar-refractivity contribution in [3.63, 3.8) is 0 Å². The number of nitrogens with zero attached hydrogens (tertiary/aromatic N) is 1. The van der Waals surface area contributed by atoms with Crippen LogP contribution in [0.4, 0.5) is 4.39 Å². The summed E-state index contributed by atoms with van der Waals surface area (Å²) in [5, 5.41) is 0. The normalized spacial score (nSPS) is 15.5. The third-order valence-electron chi connectivity index (χ3n) is 6.36. The second-order valence-electron chi connectivity index (χ2n) is 8.76. The zero-order valence-corrected chi connectivity index (χ0v) is 19.6. The fourth-order valence-corrected chi connectivity index (χ4v) is 5.50. The fraction of sp³-hybridized carbons (Fsp3) is 0.333. The van der Waals surface area contributed by atoms with Crippen LogP contribution in [-0.4, -0.2) is 39.5 Å². The molecule has 0 radical (unpaired) electrons. The highest BCUT2D eigenvalue weighted by Crippen LogP contribution is 2.23. The van der Waals surface area contributed by atoms with Crippen LogP contribution in [0.2, 0.25) is 0 Å². The van der Waals surface area contributed by atoms with Crippen LogP contribution in [0.15, 0.2) is 83.8 Å². The molecule has 1 N–H and O–H groups in total. The van der Waals surface area contributed by atoms with Gasteiger partial charge in [-0.2, -0.15) is 0 Å². The van der Waals surface area contributed by atoms with Crippen LogP contribution in [0.5, 0.6) is 0 Å². The van der Waals surface area contributed by atoms with Gasteiger partial charge in [0, 0.05) is 6.54 Å². The number of halogens is 1. The first-order chi connectivity index (χ1) is 16.0. The molecule has 33 heavy (non-hydrogen) atoms. The number of benzene rings is 3. The predicted molar refractivity (Wildman–Crippen MR) is 131 cm³/mol.